The minimum absolute atomic E-state index is 0.125. The number of aromatic nitrogens is 4. The molecule has 24 heavy (non-hydrogen) atoms. The van der Waals surface area contributed by atoms with Crippen molar-refractivity contribution >= 4 is 34.8 Å². The van der Waals surface area contributed by atoms with E-state index in [4.69, 9.17) is 34.8 Å². The van der Waals surface area contributed by atoms with Crippen molar-refractivity contribution in [1.29, 1.82) is 0 Å². The van der Waals surface area contributed by atoms with Crippen LogP contribution in [0.5, 0.6) is 0 Å². The summed E-state index contributed by atoms with van der Waals surface area (Å²) in [7, 11) is 0. The minimum atomic E-state index is -2.82. The highest BCUT2D eigenvalue weighted by Gasteiger charge is 2.18. The molecule has 0 spiro atoms. The van der Waals surface area contributed by atoms with Gasteiger partial charge < -0.3 is 4.98 Å². The van der Waals surface area contributed by atoms with Crippen molar-refractivity contribution in [3.05, 3.63) is 48.6 Å². The highest BCUT2D eigenvalue weighted by Crippen LogP contribution is 2.29. The Hall–Kier alpha value is -1.45. The standard InChI is InChI=1S/C6H4Cl2F2N2.C6H5ClF2N2O/c1-2-11-4(6(9)10)3(7)5(8)12-2;1-2-10-4(5(8)9)3(7)6(12)11-2/h6H,1H3;5H,1H3,(H,10,11,12). The molecule has 2 aromatic heterocycles. The van der Waals surface area contributed by atoms with Crippen LogP contribution < -0.4 is 5.56 Å². The van der Waals surface area contributed by atoms with E-state index in [-0.39, 0.29) is 21.8 Å². The van der Waals surface area contributed by atoms with Gasteiger partial charge in [0.1, 0.15) is 33.1 Å². The van der Waals surface area contributed by atoms with Crippen molar-refractivity contribution in [2.45, 2.75) is 26.7 Å². The fourth-order valence-corrected chi connectivity index (χ4v) is 1.99. The van der Waals surface area contributed by atoms with Crippen LogP contribution in [0.3, 0.4) is 0 Å². The zero-order valence-corrected chi connectivity index (χ0v) is 14.3. The first-order chi connectivity index (χ1) is 11.0. The first-order valence-electron chi connectivity index (χ1n) is 6.06. The van der Waals surface area contributed by atoms with E-state index in [2.05, 4.69) is 19.9 Å². The summed E-state index contributed by atoms with van der Waals surface area (Å²) in [6, 6.07) is 0. The quantitative estimate of drug-likeness (QED) is 0.579. The number of hydrogen-bond donors (Lipinski definition) is 1. The average molecular weight is 408 g/mol. The molecular weight excluding hydrogens is 399 g/mol. The Morgan fingerprint density at radius 2 is 1.38 bits per heavy atom. The van der Waals surface area contributed by atoms with Crippen LogP contribution >= 0.6 is 34.8 Å². The number of nitrogens with zero attached hydrogens (tertiary/aromatic N) is 3. The molecule has 0 saturated carbocycles. The van der Waals surface area contributed by atoms with Gasteiger partial charge in [-0.1, -0.05) is 34.8 Å². The zero-order valence-electron chi connectivity index (χ0n) is 12.1. The summed E-state index contributed by atoms with van der Waals surface area (Å²) in [4.78, 5) is 23.5. The molecule has 0 unspecified atom stereocenters. The number of aromatic amines is 1. The van der Waals surface area contributed by atoms with Crippen molar-refractivity contribution in [2.75, 3.05) is 0 Å². The SMILES string of the molecule is Cc1nc(C(F)F)c(Cl)c(=O)[nH]1.Cc1nc(Cl)c(Cl)c(C(F)F)n1. The molecule has 0 radical (unpaired) electrons. The van der Waals surface area contributed by atoms with Gasteiger partial charge in [0, 0.05) is 0 Å². The van der Waals surface area contributed by atoms with Gasteiger partial charge in [0.25, 0.3) is 18.4 Å². The van der Waals surface area contributed by atoms with Crippen LogP contribution in [0.15, 0.2) is 4.79 Å². The molecule has 0 saturated heterocycles. The molecule has 2 heterocycles. The van der Waals surface area contributed by atoms with Gasteiger partial charge in [-0.3, -0.25) is 4.79 Å². The largest absolute Gasteiger partial charge is 0.309 e. The second-order valence-electron chi connectivity index (χ2n) is 4.21. The first-order valence-corrected chi connectivity index (χ1v) is 7.20. The van der Waals surface area contributed by atoms with Crippen molar-refractivity contribution in [1.82, 2.24) is 19.9 Å². The maximum atomic E-state index is 12.2. The Morgan fingerprint density at radius 3 is 1.88 bits per heavy atom. The Balaban J connectivity index is 0.000000240. The molecule has 5 nitrogen and oxygen atoms in total. The second-order valence-corrected chi connectivity index (χ2v) is 5.33. The Bertz CT molecular complexity index is 786. The monoisotopic (exact) mass is 406 g/mol. The zero-order chi connectivity index (χ0) is 18.6. The van der Waals surface area contributed by atoms with E-state index in [0.29, 0.717) is 0 Å². The third kappa shape index (κ3) is 5.29. The predicted octanol–water partition coefficient (Wildman–Crippen LogP) is 4.70. The van der Waals surface area contributed by atoms with Crippen molar-refractivity contribution in [3.63, 3.8) is 0 Å². The molecule has 12 heteroatoms. The minimum Gasteiger partial charge on any atom is -0.309 e. The Morgan fingerprint density at radius 1 is 0.875 bits per heavy atom. The number of hydrogen-bond acceptors (Lipinski definition) is 4. The van der Waals surface area contributed by atoms with Gasteiger partial charge in [0.05, 0.1) is 0 Å². The lowest BCUT2D eigenvalue weighted by atomic mass is 10.4. The summed E-state index contributed by atoms with van der Waals surface area (Å²) in [6.45, 7) is 2.87. The molecule has 132 valence electrons. The number of alkyl halides is 4. The van der Waals surface area contributed by atoms with Crippen LogP contribution in [0.2, 0.25) is 15.2 Å². The lowest BCUT2D eigenvalue weighted by molar-refractivity contribution is 0.145. The molecule has 0 fully saturated rings. The Labute approximate surface area is 148 Å². The van der Waals surface area contributed by atoms with E-state index in [1.165, 1.54) is 13.8 Å². The number of rotatable bonds is 2. The number of H-pyrrole nitrogens is 1. The third-order valence-electron chi connectivity index (χ3n) is 2.37. The fraction of sp³-hybridized carbons (Fsp3) is 0.333. The number of aryl methyl sites for hydroxylation is 2. The maximum Gasteiger partial charge on any atom is 0.282 e. The normalized spacial score (nSPS) is 10.8. The van der Waals surface area contributed by atoms with Crippen LogP contribution in [-0.2, 0) is 0 Å². The summed E-state index contributed by atoms with van der Waals surface area (Å²) in [5, 5.41) is -0.965. The highest BCUT2D eigenvalue weighted by molar-refractivity contribution is 6.41. The lowest BCUT2D eigenvalue weighted by Crippen LogP contribution is -2.13. The van der Waals surface area contributed by atoms with E-state index in [1.807, 2.05) is 0 Å². The first kappa shape index (κ1) is 20.6. The van der Waals surface area contributed by atoms with E-state index in [0.717, 1.165) is 0 Å². The van der Waals surface area contributed by atoms with Crippen molar-refractivity contribution in [2.24, 2.45) is 0 Å². The van der Waals surface area contributed by atoms with Crippen molar-refractivity contribution < 1.29 is 17.6 Å². The summed E-state index contributed by atoms with van der Waals surface area (Å²) in [5.41, 5.74) is -1.92. The van der Waals surface area contributed by atoms with Gasteiger partial charge in [-0.25, -0.2) is 32.5 Å². The molecule has 0 bridgehead atoms. The predicted molar refractivity (Wildman–Crippen MR) is 81.3 cm³/mol. The molecule has 0 amide bonds. The van der Waals surface area contributed by atoms with E-state index in [9.17, 15) is 22.4 Å². The van der Waals surface area contributed by atoms with Gasteiger partial charge in [-0.15, -0.1) is 0 Å². The van der Waals surface area contributed by atoms with Crippen LogP contribution in [0.4, 0.5) is 17.6 Å². The molecule has 0 atom stereocenters. The maximum absolute atomic E-state index is 12.2. The average Bonchev–Trinajstić information content (AvgIpc) is 2.46. The van der Waals surface area contributed by atoms with Crippen molar-refractivity contribution in [3.8, 4) is 0 Å². The van der Waals surface area contributed by atoms with E-state index >= 15 is 0 Å². The third-order valence-corrected chi connectivity index (χ3v) is 3.48. The number of nitrogens with one attached hydrogen (secondary N) is 1. The summed E-state index contributed by atoms with van der Waals surface area (Å²) in [6.07, 6.45) is -5.55. The van der Waals surface area contributed by atoms with Gasteiger partial charge >= 0.3 is 0 Å². The second kappa shape index (κ2) is 8.59. The van der Waals surface area contributed by atoms with Crippen LogP contribution in [0, 0.1) is 13.8 Å². The molecule has 0 aliphatic carbocycles. The van der Waals surface area contributed by atoms with E-state index in [1.54, 1.807) is 0 Å². The molecule has 0 aromatic carbocycles. The lowest BCUT2D eigenvalue weighted by Gasteiger charge is -2.03. The van der Waals surface area contributed by atoms with Gasteiger partial charge in [-0.05, 0) is 13.8 Å². The van der Waals surface area contributed by atoms with E-state index < -0.39 is 34.8 Å². The smallest absolute Gasteiger partial charge is 0.282 e. The van der Waals surface area contributed by atoms with Crippen LogP contribution in [-0.4, -0.2) is 19.9 Å². The van der Waals surface area contributed by atoms with Crippen LogP contribution in [0.1, 0.15) is 35.9 Å². The topological polar surface area (TPSA) is 71.5 Å². The van der Waals surface area contributed by atoms with Crippen LogP contribution in [0.25, 0.3) is 0 Å². The molecule has 2 rings (SSSR count). The summed E-state index contributed by atoms with van der Waals surface area (Å²) >= 11 is 16.1. The summed E-state index contributed by atoms with van der Waals surface area (Å²) < 4.78 is 48.5. The molecular formula is C12H9Cl3F4N4O. The molecule has 0 aliphatic heterocycles. The summed E-state index contributed by atoms with van der Waals surface area (Å²) in [5.74, 6) is 0.305. The van der Waals surface area contributed by atoms with Gasteiger partial charge in [0.2, 0.25) is 0 Å². The molecule has 2 aromatic rings. The fourth-order valence-electron chi connectivity index (χ4n) is 1.43. The Kier molecular flexibility index (Phi) is 7.37. The van der Waals surface area contributed by atoms with Gasteiger partial charge in [0.15, 0.2) is 5.15 Å². The molecule has 0 aliphatic rings. The van der Waals surface area contributed by atoms with Gasteiger partial charge in [-0.2, -0.15) is 0 Å². The highest BCUT2D eigenvalue weighted by atomic mass is 35.5. The number of halogens is 7. The molecule has 1 N–H and O–H groups in total.